The van der Waals surface area contributed by atoms with E-state index in [-0.39, 0.29) is 10.8 Å². The zero-order valence-corrected chi connectivity index (χ0v) is 13.1. The molecule has 0 aliphatic rings. The van der Waals surface area contributed by atoms with Gasteiger partial charge in [0.1, 0.15) is 0 Å². The van der Waals surface area contributed by atoms with Gasteiger partial charge in [0, 0.05) is 10.8 Å². The highest BCUT2D eigenvalue weighted by molar-refractivity contribution is 5.89. The summed E-state index contributed by atoms with van der Waals surface area (Å²) in [5.41, 5.74) is 0.997. The Bertz CT molecular complexity index is 1170. The summed E-state index contributed by atoms with van der Waals surface area (Å²) in [5, 5.41) is 3.55. The average Bonchev–Trinajstić information content (AvgIpc) is 2.66. The molecule has 3 aromatic carbocycles. The first-order chi connectivity index (χ1) is 12.0. The zero-order chi connectivity index (χ0) is 18.0. The Morgan fingerprint density at radius 2 is 1.48 bits per heavy atom. The summed E-state index contributed by atoms with van der Waals surface area (Å²) in [6.07, 6.45) is 0. The molecule has 0 fully saturated rings. The average molecular weight is 336 g/mol. The molecule has 1 N–H and O–H groups in total. The van der Waals surface area contributed by atoms with Gasteiger partial charge in [-0.05, 0) is 24.3 Å². The first-order valence-corrected chi connectivity index (χ1v) is 7.27. The molecule has 0 radical (unpaired) electrons. The van der Waals surface area contributed by atoms with Gasteiger partial charge in [-0.1, -0.05) is 24.3 Å². The number of rotatable bonds is 3. The van der Waals surface area contributed by atoms with Crippen molar-refractivity contribution in [2.24, 2.45) is 5.10 Å². The number of methoxy groups -OCH3 is 1. The molecule has 0 amide bonds. The molecule has 3 rings (SSSR count). The maximum Gasteiger partial charge on any atom is 0.337 e. The fourth-order valence-electron chi connectivity index (χ4n) is 2.36. The number of nitrogens with zero attached hydrogens (tertiary/aromatic N) is 1. The molecule has 3 aromatic rings. The predicted octanol–water partition coefficient (Wildman–Crippen LogP) is 0.510. The molecule has 0 unspecified atom stereocenters. The van der Waals surface area contributed by atoms with Gasteiger partial charge in [0.15, 0.2) is 5.36 Å². The molecular formula is C18H12N2O5. The van der Waals surface area contributed by atoms with E-state index in [0.717, 1.165) is 0 Å². The molecule has 0 saturated heterocycles. The Hall–Kier alpha value is -3.61. The minimum Gasteiger partial charge on any atom is -0.465 e. The van der Waals surface area contributed by atoms with Crippen LogP contribution in [-0.4, -0.2) is 13.1 Å². The molecule has 124 valence electrons. The number of benzene rings is 3. The third-order valence-electron chi connectivity index (χ3n) is 3.66. The second-order valence-corrected chi connectivity index (χ2v) is 5.17. The minimum atomic E-state index is -0.956. The lowest BCUT2D eigenvalue weighted by Crippen LogP contribution is -2.48. The number of fused-ring (bicyclic) bond motifs is 1. The lowest BCUT2D eigenvalue weighted by Gasteiger charge is -2.02. The molecule has 25 heavy (non-hydrogen) atoms. The predicted molar refractivity (Wildman–Crippen MR) is 92.1 cm³/mol. The van der Waals surface area contributed by atoms with E-state index in [1.165, 1.54) is 43.5 Å². The van der Waals surface area contributed by atoms with E-state index in [1.807, 2.05) is 0 Å². The highest BCUT2D eigenvalue weighted by atomic mass is 16.5. The van der Waals surface area contributed by atoms with Crippen LogP contribution >= 0.6 is 0 Å². The number of anilines is 1. The van der Waals surface area contributed by atoms with Crippen molar-refractivity contribution in [2.75, 3.05) is 12.5 Å². The van der Waals surface area contributed by atoms with Crippen molar-refractivity contribution >= 4 is 22.4 Å². The van der Waals surface area contributed by atoms with Crippen LogP contribution in [0.1, 0.15) is 10.4 Å². The SMILES string of the molecule is COC(=O)c1ccc(N/N=c2\c(=O)c(=O)c3ccccc3c2=O)cc1. The molecular weight excluding hydrogens is 324 g/mol. The monoisotopic (exact) mass is 336 g/mol. The molecule has 7 nitrogen and oxygen atoms in total. The van der Waals surface area contributed by atoms with E-state index < -0.39 is 27.6 Å². The molecule has 0 spiro atoms. The van der Waals surface area contributed by atoms with Crippen LogP contribution in [0.3, 0.4) is 0 Å². The van der Waals surface area contributed by atoms with E-state index >= 15 is 0 Å². The number of hydrogen-bond donors (Lipinski definition) is 1. The maximum atomic E-state index is 12.4. The van der Waals surface area contributed by atoms with E-state index in [0.29, 0.717) is 11.3 Å². The van der Waals surface area contributed by atoms with Crippen molar-refractivity contribution in [1.82, 2.24) is 0 Å². The third-order valence-corrected chi connectivity index (χ3v) is 3.66. The van der Waals surface area contributed by atoms with Crippen LogP contribution in [0.5, 0.6) is 0 Å². The van der Waals surface area contributed by atoms with Crippen LogP contribution < -0.4 is 27.1 Å². The standard InChI is InChI=1S/C18H12N2O5/c1-25-18(24)10-6-8-11(9-7-10)19-20-14-15(21)12-4-2-3-5-13(12)16(22)17(14)23/h2-9,19H,1H3/b20-14-. The summed E-state index contributed by atoms with van der Waals surface area (Å²) >= 11 is 0. The summed E-state index contributed by atoms with van der Waals surface area (Å²) in [6, 6.07) is 12.2. The summed E-state index contributed by atoms with van der Waals surface area (Å²) < 4.78 is 4.59. The summed E-state index contributed by atoms with van der Waals surface area (Å²) in [5.74, 6) is -0.488. The van der Waals surface area contributed by atoms with Gasteiger partial charge >= 0.3 is 5.97 Å². The van der Waals surface area contributed by atoms with Crippen molar-refractivity contribution in [2.45, 2.75) is 0 Å². The summed E-state index contributed by atoms with van der Waals surface area (Å²) in [7, 11) is 1.27. The minimum absolute atomic E-state index is 0.0823. The van der Waals surface area contributed by atoms with E-state index in [4.69, 9.17) is 0 Å². The maximum absolute atomic E-state index is 12.4. The normalized spacial score (nSPS) is 11.5. The highest BCUT2D eigenvalue weighted by Gasteiger charge is 2.10. The molecule has 0 heterocycles. The summed E-state index contributed by atoms with van der Waals surface area (Å²) in [6.45, 7) is 0. The lowest BCUT2D eigenvalue weighted by atomic mass is 10.1. The molecule has 0 bridgehead atoms. The number of carbonyl (C=O) groups is 1. The first-order valence-electron chi connectivity index (χ1n) is 7.27. The van der Waals surface area contributed by atoms with Crippen molar-refractivity contribution in [1.29, 1.82) is 0 Å². The van der Waals surface area contributed by atoms with Crippen LogP contribution in [0.2, 0.25) is 0 Å². The second-order valence-electron chi connectivity index (χ2n) is 5.17. The molecule has 0 atom stereocenters. The van der Waals surface area contributed by atoms with Crippen molar-refractivity contribution in [3.8, 4) is 0 Å². The number of ether oxygens (including phenoxy) is 1. The van der Waals surface area contributed by atoms with E-state index in [1.54, 1.807) is 12.1 Å². The molecule has 0 aliphatic carbocycles. The van der Waals surface area contributed by atoms with Gasteiger partial charge in [0.25, 0.3) is 5.43 Å². The Balaban J connectivity index is 2.05. The van der Waals surface area contributed by atoms with Crippen molar-refractivity contribution < 1.29 is 9.53 Å². The van der Waals surface area contributed by atoms with Crippen LogP contribution in [-0.2, 0) is 4.74 Å². The largest absolute Gasteiger partial charge is 0.465 e. The van der Waals surface area contributed by atoms with E-state index in [9.17, 15) is 19.2 Å². The number of hydrogen-bond acceptors (Lipinski definition) is 7. The van der Waals surface area contributed by atoms with Crippen molar-refractivity contribution in [3.63, 3.8) is 0 Å². The topological polar surface area (TPSA) is 102 Å². The van der Waals surface area contributed by atoms with Gasteiger partial charge < -0.3 is 4.74 Å². The second kappa shape index (κ2) is 6.48. The van der Waals surface area contributed by atoms with Gasteiger partial charge in [0.05, 0.1) is 18.4 Å². The Morgan fingerprint density at radius 1 is 0.880 bits per heavy atom. The van der Waals surface area contributed by atoms with Crippen LogP contribution in [0.15, 0.2) is 68.0 Å². The Labute approximate surface area is 140 Å². The van der Waals surface area contributed by atoms with Gasteiger partial charge in [-0.2, -0.15) is 5.10 Å². The molecule has 7 heteroatoms. The highest BCUT2D eigenvalue weighted by Crippen LogP contribution is 2.10. The fourth-order valence-corrected chi connectivity index (χ4v) is 2.36. The zero-order valence-electron chi connectivity index (χ0n) is 13.1. The lowest BCUT2D eigenvalue weighted by molar-refractivity contribution is 0.0601. The van der Waals surface area contributed by atoms with Crippen molar-refractivity contribution in [3.05, 3.63) is 90.1 Å². The van der Waals surface area contributed by atoms with Gasteiger partial charge in [-0.3, -0.25) is 19.8 Å². The van der Waals surface area contributed by atoms with Crippen LogP contribution in [0, 0.1) is 0 Å². The fraction of sp³-hybridized carbons (Fsp3) is 0.0556. The summed E-state index contributed by atoms with van der Waals surface area (Å²) in [4.78, 5) is 47.9. The first kappa shape index (κ1) is 16.3. The van der Waals surface area contributed by atoms with Crippen LogP contribution in [0.4, 0.5) is 5.69 Å². The molecule has 0 aliphatic heterocycles. The number of carbonyl (C=O) groups excluding carboxylic acids is 1. The van der Waals surface area contributed by atoms with Crippen LogP contribution in [0.25, 0.3) is 10.8 Å². The number of nitrogens with one attached hydrogen (secondary N) is 1. The molecule has 0 saturated carbocycles. The quantitative estimate of drug-likeness (QED) is 0.425. The van der Waals surface area contributed by atoms with Gasteiger partial charge in [-0.25, -0.2) is 4.79 Å². The molecule has 0 aromatic heterocycles. The Morgan fingerprint density at radius 3 is 2.08 bits per heavy atom. The smallest absolute Gasteiger partial charge is 0.337 e. The van der Waals surface area contributed by atoms with Gasteiger partial charge in [0.2, 0.25) is 10.9 Å². The van der Waals surface area contributed by atoms with E-state index in [2.05, 4.69) is 15.3 Å². The number of esters is 1. The Kier molecular flexibility index (Phi) is 4.21. The van der Waals surface area contributed by atoms with Gasteiger partial charge in [-0.15, -0.1) is 0 Å². The third kappa shape index (κ3) is 2.94.